The molecule has 0 aromatic carbocycles. The van der Waals surface area contributed by atoms with Crippen LogP contribution in [0.2, 0.25) is 0 Å². The van der Waals surface area contributed by atoms with Crippen molar-refractivity contribution in [2.75, 3.05) is 13.1 Å². The number of nitrogens with two attached hydrogens (primary N) is 2. The molecule has 0 saturated carbocycles. The zero-order valence-electron chi connectivity index (χ0n) is 9.00. The van der Waals surface area contributed by atoms with Gasteiger partial charge in [0, 0.05) is 0 Å². The Bertz CT molecular complexity index is 123. The average molecular weight is 785 g/mol. The van der Waals surface area contributed by atoms with Crippen LogP contribution in [0.5, 0.6) is 0 Å². The van der Waals surface area contributed by atoms with Crippen LogP contribution in [0, 0.1) is 20.2 Å². The van der Waals surface area contributed by atoms with E-state index in [4.69, 9.17) is 88.2 Å². The standard InChI is InChI=1S/C2H6N2.6ClH.2HNO2.2H2N.2Pt/c3-1-2-4;;;;;;;2*2-1-3;;;;/h3-4H,1-2H2;6*1H;2*(H,2,3);2*1H2;;/q-2;;;;;;;;;2*-1;2*+3/p-8. The average Bonchev–Trinajstić information content (AvgIpc) is 2.18. The second kappa shape index (κ2) is 58.6. The van der Waals surface area contributed by atoms with Crippen LogP contribution in [-0.4, -0.2) is 13.1 Å². The predicted octanol–water partition coefficient (Wildman–Crippen LogP) is 7.16. The Morgan fingerprint density at radius 1 is 0.750 bits per heavy atom. The number of nitrogens with zero attached hydrogens (tertiary/aromatic N) is 2. The monoisotopic (exact) mass is 782 g/mol. The second-order valence-corrected chi connectivity index (χ2v) is 20.6. The SMILES string of the molecule is O=N[O-].O=N[O-].[Cl][Pt]([Cl])[Cl].[Cl][Pt]([Cl])[Cl].[NH-]CC[NH-].[NH2-].[NH2-]. The van der Waals surface area contributed by atoms with Crippen LogP contribution < -0.4 is 0 Å². The Hall–Kier alpha value is 1.76. The van der Waals surface area contributed by atoms with Crippen molar-refractivity contribution in [3.63, 3.8) is 0 Å². The van der Waals surface area contributed by atoms with Gasteiger partial charge in [0.1, 0.15) is 0 Å². The Morgan fingerprint density at radius 3 is 0.800 bits per heavy atom. The van der Waals surface area contributed by atoms with Gasteiger partial charge in [0.15, 0.2) is 0 Å². The fourth-order valence-electron chi connectivity index (χ4n) is 0. The maximum atomic E-state index is 8.00. The molecule has 10 nitrogen and oxygen atoms in total. The second-order valence-electron chi connectivity index (χ2n) is 0.920. The number of rotatable bonds is 1. The predicted molar refractivity (Wildman–Crippen MR) is 82.4 cm³/mol. The first-order valence-electron chi connectivity index (χ1n) is 2.65. The molecular weight excluding hydrogens is 775 g/mol. The van der Waals surface area contributed by atoms with Gasteiger partial charge in [-0.3, -0.25) is 0 Å². The molecule has 0 saturated heterocycles. The van der Waals surface area contributed by atoms with E-state index in [1.807, 2.05) is 0 Å². The summed E-state index contributed by atoms with van der Waals surface area (Å²) in [5, 5.41) is 18.0. The fraction of sp³-hybridized carbons (Fsp3) is 1.00. The summed E-state index contributed by atoms with van der Waals surface area (Å²) in [5.74, 6) is 0. The van der Waals surface area contributed by atoms with E-state index in [1.54, 1.807) is 0 Å². The van der Waals surface area contributed by atoms with Gasteiger partial charge in [-0.15, -0.1) is 10.7 Å². The van der Waals surface area contributed by atoms with Crippen LogP contribution in [0.25, 0.3) is 23.8 Å². The molecule has 18 heteroatoms. The zero-order chi connectivity index (χ0) is 16.0. The third-order valence-electron chi connectivity index (χ3n) is 0.125. The summed E-state index contributed by atoms with van der Waals surface area (Å²) >= 11 is -3.70. The largest absolute Gasteiger partial charge is 0.693 e. The topological polar surface area (TPSA) is 220 Å². The van der Waals surface area contributed by atoms with E-state index in [0.29, 0.717) is 0 Å². The molecule has 0 radical (unpaired) electrons. The van der Waals surface area contributed by atoms with Crippen LogP contribution >= 0.6 is 56.5 Å². The van der Waals surface area contributed by atoms with Crippen LogP contribution in [-0.2, 0) is 28.4 Å². The molecule has 0 amide bonds. The van der Waals surface area contributed by atoms with Gasteiger partial charge >= 0.3 is 84.9 Å². The van der Waals surface area contributed by atoms with Crippen molar-refractivity contribution < 1.29 is 28.4 Å². The molecule has 20 heavy (non-hydrogen) atoms. The summed E-state index contributed by atoms with van der Waals surface area (Å²) in [6, 6.07) is 0. The normalized spacial score (nSPS) is 7.20. The van der Waals surface area contributed by atoms with Gasteiger partial charge in [0.25, 0.3) is 0 Å². The van der Waals surface area contributed by atoms with Gasteiger partial charge in [-0.1, -0.05) is 0 Å². The molecule has 0 spiro atoms. The van der Waals surface area contributed by atoms with Crippen molar-refractivity contribution in [2.45, 2.75) is 0 Å². The molecule has 0 atom stereocenters. The minimum absolute atomic E-state index is 0. The van der Waals surface area contributed by atoms with E-state index < -0.39 is 28.4 Å². The molecule has 6 N–H and O–H groups in total. The van der Waals surface area contributed by atoms with E-state index in [-0.39, 0.29) is 25.4 Å². The van der Waals surface area contributed by atoms with Gasteiger partial charge in [-0.2, -0.15) is 13.1 Å². The quantitative estimate of drug-likeness (QED) is 0.199. The van der Waals surface area contributed by atoms with Crippen molar-refractivity contribution >= 4 is 56.5 Å². The summed E-state index contributed by atoms with van der Waals surface area (Å²) in [7, 11) is 29.8. The van der Waals surface area contributed by atoms with Gasteiger partial charge in [0.05, 0.1) is 0 Å². The molecule has 0 aliphatic heterocycles. The summed E-state index contributed by atoms with van der Waals surface area (Å²) in [4.78, 5) is 16.0. The van der Waals surface area contributed by atoms with Crippen LogP contribution in [0.15, 0.2) is 10.7 Å². The van der Waals surface area contributed by atoms with E-state index >= 15 is 0 Å². The third-order valence-corrected chi connectivity index (χ3v) is 0.125. The molecule has 0 rings (SSSR count). The number of hydrogen-bond acceptors (Lipinski definition) is 6. The van der Waals surface area contributed by atoms with Crippen LogP contribution in [0.3, 0.4) is 0 Å². The molecule has 140 valence electrons. The van der Waals surface area contributed by atoms with Crippen LogP contribution in [0.4, 0.5) is 0 Å². The van der Waals surface area contributed by atoms with E-state index in [9.17, 15) is 0 Å². The summed E-state index contributed by atoms with van der Waals surface area (Å²) in [5.41, 5.74) is 12.5. The smallest absolute Gasteiger partial charge is 0.171 e. The van der Waals surface area contributed by atoms with Gasteiger partial charge in [-0.25, -0.2) is 0 Å². The van der Waals surface area contributed by atoms with Crippen molar-refractivity contribution in [1.29, 1.82) is 0 Å². The van der Waals surface area contributed by atoms with Crippen LogP contribution in [0.1, 0.15) is 0 Å². The zero-order valence-corrected chi connectivity index (χ0v) is 18.1. The first kappa shape index (κ1) is 43.0. The Balaban J connectivity index is -0.0000000207. The first-order valence-corrected chi connectivity index (χ1v) is 19.5. The van der Waals surface area contributed by atoms with Gasteiger partial charge in [-0.05, 0) is 0 Å². The summed E-state index contributed by atoms with van der Waals surface area (Å²) in [6.45, 7) is 0.472. The number of halogens is 6. The summed E-state index contributed by atoms with van der Waals surface area (Å²) < 4.78 is 0. The van der Waals surface area contributed by atoms with E-state index in [2.05, 4.69) is 0 Å². The van der Waals surface area contributed by atoms with Gasteiger partial charge < -0.3 is 44.0 Å². The molecule has 0 aromatic rings. The molecule has 0 fully saturated rings. The molecule has 0 aromatic heterocycles. The Morgan fingerprint density at radius 2 is 0.800 bits per heavy atom. The third kappa shape index (κ3) is 915. The molecule has 0 heterocycles. The summed E-state index contributed by atoms with van der Waals surface area (Å²) in [6.07, 6.45) is 0. The van der Waals surface area contributed by atoms with Crippen molar-refractivity contribution in [1.82, 2.24) is 0 Å². The van der Waals surface area contributed by atoms with Crippen molar-refractivity contribution in [2.24, 2.45) is 10.7 Å². The molecular formula is C2H10Cl6N6O4Pt2-6. The van der Waals surface area contributed by atoms with Gasteiger partial charge in [0.2, 0.25) is 0 Å². The molecule has 0 aliphatic carbocycles. The Kier molecular flexibility index (Phi) is 126. The number of hydrogen-bond donors (Lipinski definition) is 0. The minimum Gasteiger partial charge on any atom is -0.693 e. The first-order chi connectivity index (χ1) is 8.21. The molecule has 0 bridgehead atoms. The van der Waals surface area contributed by atoms with E-state index in [1.165, 1.54) is 0 Å². The van der Waals surface area contributed by atoms with Crippen molar-refractivity contribution in [3.05, 3.63) is 44.0 Å². The number of nitrogens with one attached hydrogen (secondary N) is 2. The molecule has 0 unspecified atom stereocenters. The van der Waals surface area contributed by atoms with Crippen molar-refractivity contribution in [3.8, 4) is 0 Å². The molecule has 0 aliphatic rings. The minimum atomic E-state index is -1.85. The maximum Gasteiger partial charge on any atom is -0.171 e. The van der Waals surface area contributed by atoms with E-state index in [0.717, 1.165) is 10.7 Å². The maximum absolute atomic E-state index is 8.00. The fourth-order valence-corrected chi connectivity index (χ4v) is 0. The Labute approximate surface area is 151 Å².